The Morgan fingerprint density at radius 2 is 2.00 bits per heavy atom. The summed E-state index contributed by atoms with van der Waals surface area (Å²) < 4.78 is 24.0. The van der Waals surface area contributed by atoms with Crippen molar-refractivity contribution in [2.24, 2.45) is 0 Å². The molecule has 1 N–H and O–H groups in total. The Bertz CT molecular complexity index is 768. The van der Waals surface area contributed by atoms with E-state index in [2.05, 4.69) is 19.8 Å². The second-order valence-electron chi connectivity index (χ2n) is 6.36. The fraction of sp³-hybridized carbons (Fsp3) is 0.533. The van der Waals surface area contributed by atoms with Gasteiger partial charge < -0.3 is 4.98 Å². The lowest BCUT2D eigenvalue weighted by Gasteiger charge is -2.41. The van der Waals surface area contributed by atoms with Crippen molar-refractivity contribution in [3.63, 3.8) is 0 Å². The van der Waals surface area contributed by atoms with Gasteiger partial charge >= 0.3 is 0 Å². The number of hydrogen-bond acceptors (Lipinski definition) is 5. The Morgan fingerprint density at radius 1 is 1.23 bits per heavy atom. The van der Waals surface area contributed by atoms with Gasteiger partial charge in [-0.2, -0.15) is 0 Å². The van der Waals surface area contributed by atoms with Crippen molar-refractivity contribution in [3.05, 3.63) is 30.1 Å². The first-order valence-electron chi connectivity index (χ1n) is 7.60. The topological polar surface area (TPSA) is 69.3 Å². The van der Waals surface area contributed by atoms with E-state index in [0.29, 0.717) is 6.54 Å². The fourth-order valence-electron chi connectivity index (χ4n) is 3.67. The van der Waals surface area contributed by atoms with Crippen LogP contribution in [0.3, 0.4) is 0 Å². The van der Waals surface area contributed by atoms with Gasteiger partial charge in [-0.3, -0.25) is 9.80 Å². The van der Waals surface area contributed by atoms with Gasteiger partial charge in [0.15, 0.2) is 9.84 Å². The summed E-state index contributed by atoms with van der Waals surface area (Å²) in [6, 6.07) is 8.16. The third kappa shape index (κ3) is 2.43. The largest absolute Gasteiger partial charge is 0.341 e. The van der Waals surface area contributed by atoms with Gasteiger partial charge in [-0.05, 0) is 19.2 Å². The minimum Gasteiger partial charge on any atom is -0.341 e. The van der Waals surface area contributed by atoms with Crippen LogP contribution in [0, 0.1) is 0 Å². The molecule has 118 valence electrons. The zero-order valence-electron chi connectivity index (χ0n) is 12.6. The number of sulfone groups is 1. The lowest BCUT2D eigenvalue weighted by Crippen LogP contribution is -2.57. The number of likely N-dealkylation sites (N-methyl/N-ethyl adjacent to an activating group) is 1. The number of aromatic nitrogens is 2. The molecule has 7 heteroatoms. The van der Waals surface area contributed by atoms with E-state index in [0.717, 1.165) is 29.9 Å². The minimum absolute atomic E-state index is 0.0805. The van der Waals surface area contributed by atoms with Crippen molar-refractivity contribution in [1.29, 1.82) is 0 Å². The van der Waals surface area contributed by atoms with Crippen LogP contribution in [-0.4, -0.2) is 71.9 Å². The van der Waals surface area contributed by atoms with Gasteiger partial charge in [0, 0.05) is 25.2 Å². The van der Waals surface area contributed by atoms with Gasteiger partial charge in [-0.1, -0.05) is 12.1 Å². The second kappa shape index (κ2) is 5.04. The SMILES string of the molecule is CN1CCN(Cc2nc3ccccc3[nH]2)[C@H]2CS(=O)(=O)C[C@H]21. The molecular formula is C15H20N4O2S. The van der Waals surface area contributed by atoms with Crippen LogP contribution in [0.25, 0.3) is 11.0 Å². The Hall–Kier alpha value is -1.44. The molecule has 2 fully saturated rings. The molecule has 2 aliphatic rings. The van der Waals surface area contributed by atoms with Crippen molar-refractivity contribution in [2.75, 3.05) is 31.6 Å². The third-order valence-corrected chi connectivity index (χ3v) is 6.56. The molecule has 0 saturated carbocycles. The predicted octanol–water partition coefficient (Wildman–Crippen LogP) is 0.476. The Balaban J connectivity index is 1.59. The Kier molecular flexibility index (Phi) is 3.25. The molecule has 0 aliphatic carbocycles. The number of aromatic amines is 1. The van der Waals surface area contributed by atoms with Crippen LogP contribution in [0.1, 0.15) is 5.82 Å². The zero-order valence-corrected chi connectivity index (χ0v) is 13.4. The highest BCUT2D eigenvalue weighted by molar-refractivity contribution is 7.91. The first-order chi connectivity index (χ1) is 10.5. The first-order valence-corrected chi connectivity index (χ1v) is 9.42. The zero-order chi connectivity index (χ0) is 15.3. The number of para-hydroxylation sites is 2. The summed E-state index contributed by atoms with van der Waals surface area (Å²) in [6.07, 6.45) is 0. The summed E-state index contributed by atoms with van der Waals surface area (Å²) in [7, 11) is -0.901. The number of nitrogens with one attached hydrogen (secondary N) is 1. The summed E-state index contributed by atoms with van der Waals surface area (Å²) >= 11 is 0. The highest BCUT2D eigenvalue weighted by Gasteiger charge is 2.45. The summed E-state index contributed by atoms with van der Waals surface area (Å²) in [6.45, 7) is 2.46. The number of nitrogens with zero attached hydrogens (tertiary/aromatic N) is 3. The minimum atomic E-state index is -2.93. The molecule has 0 radical (unpaired) electrons. The van der Waals surface area contributed by atoms with E-state index in [1.807, 2.05) is 31.3 Å². The summed E-state index contributed by atoms with van der Waals surface area (Å²) in [5.41, 5.74) is 1.99. The summed E-state index contributed by atoms with van der Waals surface area (Å²) in [5.74, 6) is 1.46. The molecule has 2 saturated heterocycles. The van der Waals surface area contributed by atoms with Crippen molar-refractivity contribution in [3.8, 4) is 0 Å². The monoisotopic (exact) mass is 320 g/mol. The number of piperazine rings is 1. The van der Waals surface area contributed by atoms with Crippen molar-refractivity contribution >= 4 is 20.9 Å². The standard InChI is InChI=1S/C15H20N4O2S/c1-18-6-7-19(14-10-22(20,21)9-13(14)18)8-15-16-11-4-2-3-5-12(11)17-15/h2-5,13-14H,6-10H2,1H3,(H,16,17)/t13-,14+/m1/s1. The Labute approximate surface area is 130 Å². The van der Waals surface area contributed by atoms with Crippen LogP contribution in [0.5, 0.6) is 0 Å². The smallest absolute Gasteiger partial charge is 0.153 e. The van der Waals surface area contributed by atoms with Crippen LogP contribution in [0.2, 0.25) is 0 Å². The van der Waals surface area contributed by atoms with Gasteiger partial charge in [0.05, 0.1) is 29.1 Å². The maximum absolute atomic E-state index is 12.0. The molecule has 1 aromatic heterocycles. The third-order valence-electron chi connectivity index (χ3n) is 4.86. The number of benzene rings is 1. The molecular weight excluding hydrogens is 300 g/mol. The quantitative estimate of drug-likeness (QED) is 0.871. The predicted molar refractivity (Wildman–Crippen MR) is 85.4 cm³/mol. The molecule has 22 heavy (non-hydrogen) atoms. The van der Waals surface area contributed by atoms with Crippen LogP contribution >= 0.6 is 0 Å². The summed E-state index contributed by atoms with van der Waals surface area (Å²) in [4.78, 5) is 12.4. The van der Waals surface area contributed by atoms with Crippen LogP contribution in [0.15, 0.2) is 24.3 Å². The van der Waals surface area contributed by atoms with Crippen LogP contribution in [-0.2, 0) is 16.4 Å². The molecule has 4 rings (SSSR count). The molecule has 2 atom stereocenters. The fourth-order valence-corrected chi connectivity index (χ4v) is 5.75. The molecule has 0 amide bonds. The van der Waals surface area contributed by atoms with Gasteiger partial charge in [-0.15, -0.1) is 0 Å². The lowest BCUT2D eigenvalue weighted by molar-refractivity contribution is 0.0557. The van der Waals surface area contributed by atoms with Gasteiger partial charge in [-0.25, -0.2) is 13.4 Å². The molecule has 2 aromatic rings. The van der Waals surface area contributed by atoms with E-state index in [1.165, 1.54) is 0 Å². The number of fused-ring (bicyclic) bond motifs is 2. The van der Waals surface area contributed by atoms with Gasteiger partial charge in [0.25, 0.3) is 0 Å². The van der Waals surface area contributed by atoms with Crippen LogP contribution < -0.4 is 0 Å². The number of rotatable bonds is 2. The van der Waals surface area contributed by atoms with Gasteiger partial charge in [0.2, 0.25) is 0 Å². The first kappa shape index (κ1) is 14.2. The average molecular weight is 320 g/mol. The molecule has 0 bridgehead atoms. The van der Waals surface area contributed by atoms with Crippen molar-refractivity contribution in [2.45, 2.75) is 18.6 Å². The molecule has 1 aromatic carbocycles. The highest BCUT2D eigenvalue weighted by Crippen LogP contribution is 2.27. The molecule has 0 spiro atoms. The maximum atomic E-state index is 12.0. The normalized spacial score (nSPS) is 29.0. The van der Waals surface area contributed by atoms with Crippen molar-refractivity contribution in [1.82, 2.24) is 19.8 Å². The Morgan fingerprint density at radius 3 is 2.82 bits per heavy atom. The highest BCUT2D eigenvalue weighted by atomic mass is 32.2. The van der Waals surface area contributed by atoms with E-state index in [4.69, 9.17) is 0 Å². The molecule has 3 heterocycles. The lowest BCUT2D eigenvalue weighted by atomic mass is 10.1. The second-order valence-corrected chi connectivity index (χ2v) is 8.52. The van der Waals surface area contributed by atoms with Crippen molar-refractivity contribution < 1.29 is 8.42 Å². The average Bonchev–Trinajstić information content (AvgIpc) is 3.02. The van der Waals surface area contributed by atoms with Crippen LogP contribution in [0.4, 0.5) is 0 Å². The van der Waals surface area contributed by atoms with Gasteiger partial charge in [0.1, 0.15) is 5.82 Å². The summed E-state index contributed by atoms with van der Waals surface area (Å²) in [5, 5.41) is 0. The van der Waals surface area contributed by atoms with E-state index in [1.54, 1.807) is 0 Å². The number of H-pyrrole nitrogens is 1. The van der Waals surface area contributed by atoms with E-state index < -0.39 is 9.84 Å². The maximum Gasteiger partial charge on any atom is 0.153 e. The van der Waals surface area contributed by atoms with E-state index >= 15 is 0 Å². The number of hydrogen-bond donors (Lipinski definition) is 1. The van der Waals surface area contributed by atoms with E-state index in [9.17, 15) is 8.42 Å². The molecule has 2 aliphatic heterocycles. The molecule has 6 nitrogen and oxygen atoms in total. The van der Waals surface area contributed by atoms with E-state index in [-0.39, 0.29) is 23.6 Å². The number of imidazole rings is 1. The molecule has 0 unspecified atom stereocenters.